The summed E-state index contributed by atoms with van der Waals surface area (Å²) < 4.78 is 7.05. The molecule has 0 amide bonds. The highest BCUT2D eigenvalue weighted by molar-refractivity contribution is 5.49. The van der Waals surface area contributed by atoms with E-state index >= 15 is 0 Å². The maximum atomic E-state index is 5.60. The second-order valence-corrected chi connectivity index (χ2v) is 3.84. The monoisotopic (exact) mass is 234 g/mol. The third-order valence-corrected chi connectivity index (χ3v) is 1.92. The van der Waals surface area contributed by atoms with Crippen molar-refractivity contribution in [1.82, 2.24) is 24.7 Å². The number of rotatable bonds is 3. The van der Waals surface area contributed by atoms with Gasteiger partial charge in [-0.2, -0.15) is 20.1 Å². The normalized spacial score (nSPS) is 10.8. The van der Waals surface area contributed by atoms with E-state index in [0.29, 0.717) is 11.5 Å². The molecule has 0 radical (unpaired) electrons. The Kier molecular flexibility index (Phi) is 2.90. The molecule has 17 heavy (non-hydrogen) atoms. The molecule has 0 aliphatic rings. The van der Waals surface area contributed by atoms with E-state index < -0.39 is 0 Å². The number of anilines is 1. The van der Waals surface area contributed by atoms with E-state index in [1.807, 2.05) is 20.9 Å². The number of hydrogen-bond acceptors (Lipinski definition) is 6. The quantitative estimate of drug-likeness (QED) is 0.837. The minimum Gasteiger partial charge on any atom is -0.461 e. The number of aryl methyl sites for hydroxylation is 1. The molecule has 2 aromatic heterocycles. The van der Waals surface area contributed by atoms with Crippen LogP contribution in [0.4, 0.5) is 5.95 Å². The highest BCUT2D eigenvalue weighted by atomic mass is 16.5. The number of nitrogens with two attached hydrogens (primary N) is 1. The fourth-order valence-corrected chi connectivity index (χ4v) is 1.28. The highest BCUT2D eigenvalue weighted by Gasteiger charge is 2.10. The van der Waals surface area contributed by atoms with Gasteiger partial charge in [-0.1, -0.05) is 0 Å². The van der Waals surface area contributed by atoms with Gasteiger partial charge in [0.25, 0.3) is 0 Å². The SMILES string of the molecule is CC(C)Oc1nc(N)nc(-c2ccn(C)n2)n1. The second-order valence-electron chi connectivity index (χ2n) is 3.84. The van der Waals surface area contributed by atoms with Crippen LogP contribution in [0.15, 0.2) is 12.3 Å². The number of aromatic nitrogens is 5. The number of ether oxygens (including phenoxy) is 1. The van der Waals surface area contributed by atoms with Gasteiger partial charge in [-0.3, -0.25) is 4.68 Å². The summed E-state index contributed by atoms with van der Waals surface area (Å²) in [5.74, 6) is 0.532. The third-order valence-electron chi connectivity index (χ3n) is 1.92. The standard InChI is InChI=1S/C10H14N6O/c1-6(2)17-10-13-8(12-9(11)14-10)7-4-5-16(3)15-7/h4-6H,1-3H3,(H2,11,12,13,14). The predicted octanol–water partition coefficient (Wildman–Crippen LogP) is 0.641. The van der Waals surface area contributed by atoms with E-state index in [1.54, 1.807) is 16.9 Å². The van der Waals surface area contributed by atoms with Crippen molar-refractivity contribution >= 4 is 5.95 Å². The molecule has 7 heteroatoms. The van der Waals surface area contributed by atoms with Crippen molar-refractivity contribution in [1.29, 1.82) is 0 Å². The second kappa shape index (κ2) is 4.36. The molecule has 7 nitrogen and oxygen atoms in total. The van der Waals surface area contributed by atoms with Crippen molar-refractivity contribution in [3.63, 3.8) is 0 Å². The zero-order valence-electron chi connectivity index (χ0n) is 9.95. The summed E-state index contributed by atoms with van der Waals surface area (Å²) in [7, 11) is 1.82. The summed E-state index contributed by atoms with van der Waals surface area (Å²) >= 11 is 0. The van der Waals surface area contributed by atoms with Crippen LogP contribution in [0.5, 0.6) is 6.01 Å². The third kappa shape index (κ3) is 2.68. The molecule has 0 saturated carbocycles. The molecule has 2 N–H and O–H groups in total. The van der Waals surface area contributed by atoms with Crippen molar-refractivity contribution < 1.29 is 4.74 Å². The van der Waals surface area contributed by atoms with Crippen LogP contribution >= 0.6 is 0 Å². The summed E-state index contributed by atoms with van der Waals surface area (Å²) in [5, 5.41) is 4.20. The van der Waals surface area contributed by atoms with Crippen LogP contribution in [-0.4, -0.2) is 30.8 Å². The van der Waals surface area contributed by atoms with E-state index in [2.05, 4.69) is 20.1 Å². The molecule has 0 bridgehead atoms. The van der Waals surface area contributed by atoms with Gasteiger partial charge in [-0.25, -0.2) is 0 Å². The molecule has 0 aliphatic heterocycles. The first-order valence-corrected chi connectivity index (χ1v) is 5.23. The fraction of sp³-hybridized carbons (Fsp3) is 0.400. The van der Waals surface area contributed by atoms with Crippen molar-refractivity contribution in [3.05, 3.63) is 12.3 Å². The van der Waals surface area contributed by atoms with Crippen LogP contribution in [0.3, 0.4) is 0 Å². The van der Waals surface area contributed by atoms with Gasteiger partial charge in [0.2, 0.25) is 5.95 Å². The van der Waals surface area contributed by atoms with E-state index in [9.17, 15) is 0 Å². The Morgan fingerprint density at radius 2 is 2.06 bits per heavy atom. The van der Waals surface area contributed by atoms with Crippen molar-refractivity contribution in [2.24, 2.45) is 7.05 Å². The van der Waals surface area contributed by atoms with Crippen molar-refractivity contribution in [3.8, 4) is 17.5 Å². The molecule has 2 rings (SSSR count). The maximum Gasteiger partial charge on any atom is 0.322 e. The molecule has 90 valence electrons. The lowest BCUT2D eigenvalue weighted by Crippen LogP contribution is -2.11. The lowest BCUT2D eigenvalue weighted by Gasteiger charge is -2.08. The number of nitrogens with zero attached hydrogens (tertiary/aromatic N) is 5. The Balaban J connectivity index is 2.37. The molecular weight excluding hydrogens is 220 g/mol. The number of hydrogen-bond donors (Lipinski definition) is 1. The van der Waals surface area contributed by atoms with E-state index in [1.165, 1.54) is 0 Å². The molecular formula is C10H14N6O. The minimum absolute atomic E-state index is 0.0200. The summed E-state index contributed by atoms with van der Waals surface area (Å²) in [6, 6.07) is 2.02. The Hall–Kier alpha value is -2.18. The molecule has 0 fully saturated rings. The number of nitrogen functional groups attached to an aromatic ring is 1. The average molecular weight is 234 g/mol. The summed E-state index contributed by atoms with van der Waals surface area (Å²) in [6.07, 6.45) is 1.78. The van der Waals surface area contributed by atoms with E-state index in [0.717, 1.165) is 0 Å². The van der Waals surface area contributed by atoms with Gasteiger partial charge >= 0.3 is 6.01 Å². The summed E-state index contributed by atoms with van der Waals surface area (Å²) in [6.45, 7) is 3.78. The Labute approximate surface area is 98.7 Å². The van der Waals surface area contributed by atoms with Gasteiger partial charge in [-0.15, -0.1) is 0 Å². The minimum atomic E-state index is -0.0200. The van der Waals surface area contributed by atoms with Gasteiger partial charge in [0, 0.05) is 13.2 Å². The fourth-order valence-electron chi connectivity index (χ4n) is 1.28. The Bertz CT molecular complexity index is 521. The molecule has 0 aromatic carbocycles. The highest BCUT2D eigenvalue weighted by Crippen LogP contribution is 2.15. The van der Waals surface area contributed by atoms with Crippen LogP contribution in [0.2, 0.25) is 0 Å². The molecule has 2 aromatic rings. The molecule has 0 aliphatic carbocycles. The molecule has 0 saturated heterocycles. The zero-order chi connectivity index (χ0) is 12.4. The predicted molar refractivity (Wildman–Crippen MR) is 62.2 cm³/mol. The Morgan fingerprint density at radius 3 is 2.65 bits per heavy atom. The van der Waals surface area contributed by atoms with Gasteiger partial charge in [0.05, 0.1) is 6.10 Å². The first kappa shape index (κ1) is 11.3. The van der Waals surface area contributed by atoms with Crippen LogP contribution in [0.25, 0.3) is 11.5 Å². The first-order chi connectivity index (χ1) is 8.04. The van der Waals surface area contributed by atoms with Gasteiger partial charge in [0.1, 0.15) is 5.69 Å². The largest absolute Gasteiger partial charge is 0.461 e. The average Bonchev–Trinajstić information content (AvgIpc) is 2.62. The maximum absolute atomic E-state index is 5.60. The van der Waals surface area contributed by atoms with Crippen LogP contribution in [-0.2, 0) is 7.05 Å². The van der Waals surface area contributed by atoms with Gasteiger partial charge in [0.15, 0.2) is 5.82 Å². The molecule has 0 atom stereocenters. The van der Waals surface area contributed by atoms with Crippen molar-refractivity contribution in [2.75, 3.05) is 5.73 Å². The molecule has 0 spiro atoms. The smallest absolute Gasteiger partial charge is 0.322 e. The lowest BCUT2D eigenvalue weighted by molar-refractivity contribution is 0.222. The molecule has 0 unspecified atom stereocenters. The summed E-state index contributed by atoms with van der Waals surface area (Å²) in [5.41, 5.74) is 6.24. The van der Waals surface area contributed by atoms with E-state index in [4.69, 9.17) is 10.5 Å². The lowest BCUT2D eigenvalue weighted by atomic mass is 10.4. The van der Waals surface area contributed by atoms with Gasteiger partial charge in [-0.05, 0) is 19.9 Å². The molecule has 2 heterocycles. The van der Waals surface area contributed by atoms with Gasteiger partial charge < -0.3 is 10.5 Å². The van der Waals surface area contributed by atoms with E-state index in [-0.39, 0.29) is 18.1 Å². The Morgan fingerprint density at radius 1 is 1.29 bits per heavy atom. The van der Waals surface area contributed by atoms with Crippen LogP contribution in [0.1, 0.15) is 13.8 Å². The van der Waals surface area contributed by atoms with Crippen LogP contribution in [0, 0.1) is 0 Å². The van der Waals surface area contributed by atoms with Crippen LogP contribution < -0.4 is 10.5 Å². The topological polar surface area (TPSA) is 91.7 Å². The summed E-state index contributed by atoms with van der Waals surface area (Å²) in [4.78, 5) is 12.1. The first-order valence-electron chi connectivity index (χ1n) is 5.23. The zero-order valence-corrected chi connectivity index (χ0v) is 9.95. The van der Waals surface area contributed by atoms with Crippen molar-refractivity contribution in [2.45, 2.75) is 20.0 Å².